The van der Waals surface area contributed by atoms with Gasteiger partial charge in [-0.3, -0.25) is 24.2 Å². The van der Waals surface area contributed by atoms with E-state index in [-0.39, 0.29) is 34.4 Å². The van der Waals surface area contributed by atoms with E-state index in [1.807, 2.05) is 0 Å². The lowest BCUT2D eigenvalue weighted by Gasteiger charge is -2.22. The Morgan fingerprint density at radius 2 is 1.55 bits per heavy atom. The van der Waals surface area contributed by atoms with Crippen molar-refractivity contribution in [1.82, 2.24) is 0 Å². The lowest BCUT2D eigenvalue weighted by molar-refractivity contribution is -0.134. The summed E-state index contributed by atoms with van der Waals surface area (Å²) in [5.74, 6) is -2.69. The van der Waals surface area contributed by atoms with E-state index in [1.165, 1.54) is 24.3 Å². The normalized spacial score (nSPS) is 12.9. The van der Waals surface area contributed by atoms with Crippen molar-refractivity contribution in [3.63, 3.8) is 0 Å². The Morgan fingerprint density at radius 3 is 2.19 bits per heavy atom. The fraction of sp³-hybridized carbons (Fsp3) is 0.318. The van der Waals surface area contributed by atoms with E-state index in [9.17, 15) is 28.7 Å². The average molecular weight is 446 g/mol. The molecule has 0 atom stereocenters. The SMILES string of the molecule is CCCCCCCC(=O)Oc1ccc2c(c1OP(=O)(O)O)C(=O)c1ccccc1C2=O. The molecule has 1 aliphatic rings. The Morgan fingerprint density at radius 1 is 0.903 bits per heavy atom. The van der Waals surface area contributed by atoms with E-state index in [0.717, 1.165) is 25.7 Å². The highest BCUT2D eigenvalue weighted by Gasteiger charge is 2.36. The molecular formula is C22H23O8P. The predicted molar refractivity (Wildman–Crippen MR) is 111 cm³/mol. The Balaban J connectivity index is 1.94. The van der Waals surface area contributed by atoms with Crippen molar-refractivity contribution in [3.05, 3.63) is 58.7 Å². The maximum atomic E-state index is 13.0. The van der Waals surface area contributed by atoms with Gasteiger partial charge in [0.2, 0.25) is 0 Å². The van der Waals surface area contributed by atoms with Crippen molar-refractivity contribution in [3.8, 4) is 11.5 Å². The van der Waals surface area contributed by atoms with Gasteiger partial charge in [-0.05, 0) is 18.6 Å². The fourth-order valence-electron chi connectivity index (χ4n) is 3.47. The topological polar surface area (TPSA) is 127 Å². The molecule has 9 heteroatoms. The number of ketones is 2. The molecule has 0 bridgehead atoms. The summed E-state index contributed by atoms with van der Waals surface area (Å²) < 4.78 is 21.6. The van der Waals surface area contributed by atoms with Crippen molar-refractivity contribution in [2.45, 2.75) is 45.4 Å². The van der Waals surface area contributed by atoms with E-state index in [0.29, 0.717) is 6.42 Å². The van der Waals surface area contributed by atoms with Gasteiger partial charge in [0.15, 0.2) is 23.1 Å². The van der Waals surface area contributed by atoms with Crippen LogP contribution < -0.4 is 9.26 Å². The van der Waals surface area contributed by atoms with Gasteiger partial charge in [0, 0.05) is 23.1 Å². The van der Waals surface area contributed by atoms with Crippen molar-refractivity contribution in [2.24, 2.45) is 0 Å². The second-order valence-corrected chi connectivity index (χ2v) is 8.40. The van der Waals surface area contributed by atoms with Gasteiger partial charge < -0.3 is 9.26 Å². The summed E-state index contributed by atoms with van der Waals surface area (Å²) in [6.45, 7) is 2.08. The summed E-state index contributed by atoms with van der Waals surface area (Å²) >= 11 is 0. The standard InChI is InChI=1S/C22H23O8P/c1-2-3-4-5-6-11-18(23)29-17-13-12-16-19(22(17)30-31(26,27)28)21(25)15-10-8-7-9-14(15)20(16)24/h7-10,12-13H,2-6,11H2,1H3,(H2,26,27,28). The van der Waals surface area contributed by atoms with Crippen molar-refractivity contribution in [2.75, 3.05) is 0 Å². The summed E-state index contributed by atoms with van der Waals surface area (Å²) in [4.78, 5) is 56.8. The van der Waals surface area contributed by atoms with Crippen LogP contribution in [0.1, 0.15) is 77.3 Å². The molecule has 164 valence electrons. The molecule has 0 fully saturated rings. The number of fused-ring (bicyclic) bond motifs is 2. The third-order valence-corrected chi connectivity index (χ3v) is 5.35. The van der Waals surface area contributed by atoms with Crippen LogP contribution in [0.5, 0.6) is 11.5 Å². The summed E-state index contributed by atoms with van der Waals surface area (Å²) in [7, 11) is -5.12. The number of hydrogen-bond acceptors (Lipinski definition) is 6. The number of phosphoric ester groups is 1. The molecule has 0 radical (unpaired) electrons. The molecule has 1 aliphatic carbocycles. The Kier molecular flexibility index (Phi) is 7.05. The number of ether oxygens (including phenoxy) is 1. The third kappa shape index (κ3) is 5.28. The zero-order valence-corrected chi connectivity index (χ0v) is 17.9. The second kappa shape index (κ2) is 9.56. The van der Waals surface area contributed by atoms with Crippen LogP contribution in [0.15, 0.2) is 36.4 Å². The summed E-state index contributed by atoms with van der Waals surface area (Å²) in [6.07, 6.45) is 4.68. The summed E-state index contributed by atoms with van der Waals surface area (Å²) in [5.41, 5.74) is -0.152. The van der Waals surface area contributed by atoms with E-state index in [1.54, 1.807) is 12.1 Å². The molecule has 3 rings (SSSR count). The first kappa shape index (κ1) is 22.9. The van der Waals surface area contributed by atoms with E-state index >= 15 is 0 Å². The van der Waals surface area contributed by atoms with Gasteiger partial charge in [-0.25, -0.2) is 4.57 Å². The van der Waals surface area contributed by atoms with Gasteiger partial charge in [0.05, 0.1) is 5.56 Å². The van der Waals surface area contributed by atoms with Crippen LogP contribution in [0.2, 0.25) is 0 Å². The van der Waals surface area contributed by atoms with Crippen LogP contribution in [-0.2, 0) is 9.36 Å². The van der Waals surface area contributed by atoms with Gasteiger partial charge >= 0.3 is 13.8 Å². The average Bonchev–Trinajstić information content (AvgIpc) is 2.72. The number of esters is 1. The molecule has 8 nitrogen and oxygen atoms in total. The van der Waals surface area contributed by atoms with Crippen molar-refractivity contribution >= 4 is 25.4 Å². The fourth-order valence-corrected chi connectivity index (χ4v) is 3.89. The van der Waals surface area contributed by atoms with Gasteiger partial charge in [-0.15, -0.1) is 0 Å². The minimum atomic E-state index is -5.12. The third-order valence-electron chi connectivity index (χ3n) is 4.93. The van der Waals surface area contributed by atoms with Crippen molar-refractivity contribution < 1.29 is 38.0 Å². The highest BCUT2D eigenvalue weighted by molar-refractivity contribution is 7.46. The highest BCUT2D eigenvalue weighted by atomic mass is 31.2. The van der Waals surface area contributed by atoms with Crippen molar-refractivity contribution in [1.29, 1.82) is 0 Å². The van der Waals surface area contributed by atoms with Crippen LogP contribution in [0, 0.1) is 0 Å². The molecule has 2 aromatic carbocycles. The van der Waals surface area contributed by atoms with Gasteiger partial charge in [-0.1, -0.05) is 56.9 Å². The maximum Gasteiger partial charge on any atom is 0.524 e. The number of carbonyl (C=O) groups is 3. The number of unbranched alkanes of at least 4 members (excludes halogenated alkanes) is 4. The lowest BCUT2D eigenvalue weighted by Crippen LogP contribution is -2.22. The molecule has 0 amide bonds. The van der Waals surface area contributed by atoms with E-state index in [4.69, 9.17) is 9.26 Å². The zero-order valence-electron chi connectivity index (χ0n) is 17.0. The van der Waals surface area contributed by atoms with Crippen LogP contribution in [0.4, 0.5) is 0 Å². The summed E-state index contributed by atoms with van der Waals surface area (Å²) in [5, 5.41) is 0. The molecule has 0 heterocycles. The Bertz CT molecular complexity index is 1070. The molecule has 0 saturated carbocycles. The smallest absolute Gasteiger partial charge is 0.422 e. The van der Waals surface area contributed by atoms with Crippen LogP contribution >= 0.6 is 7.82 Å². The number of carbonyl (C=O) groups excluding carboxylic acids is 3. The van der Waals surface area contributed by atoms with Crippen LogP contribution in [0.3, 0.4) is 0 Å². The Hall–Kier alpha value is -2.80. The zero-order chi connectivity index (χ0) is 22.6. The molecule has 0 aliphatic heterocycles. The number of hydrogen-bond donors (Lipinski definition) is 2. The first-order valence-electron chi connectivity index (χ1n) is 10.0. The predicted octanol–water partition coefficient (Wildman–Crippen LogP) is 4.20. The molecule has 0 unspecified atom stereocenters. The quantitative estimate of drug-likeness (QED) is 0.217. The first-order valence-corrected chi connectivity index (χ1v) is 11.6. The van der Waals surface area contributed by atoms with E-state index in [2.05, 4.69) is 6.92 Å². The van der Waals surface area contributed by atoms with Gasteiger partial charge in [-0.2, -0.15) is 0 Å². The minimum absolute atomic E-state index is 0.0773. The van der Waals surface area contributed by atoms with Gasteiger partial charge in [0.1, 0.15) is 0 Å². The Labute approximate surface area is 179 Å². The molecule has 2 aromatic rings. The molecule has 0 aromatic heterocycles. The second-order valence-electron chi connectivity index (χ2n) is 7.24. The van der Waals surface area contributed by atoms with Crippen LogP contribution in [-0.4, -0.2) is 27.3 Å². The largest absolute Gasteiger partial charge is 0.524 e. The summed E-state index contributed by atoms with van der Waals surface area (Å²) in [6, 6.07) is 8.61. The van der Waals surface area contributed by atoms with Gasteiger partial charge in [0.25, 0.3) is 0 Å². The molecule has 0 saturated heterocycles. The molecular weight excluding hydrogens is 423 g/mol. The lowest BCUT2D eigenvalue weighted by atomic mass is 9.83. The highest BCUT2D eigenvalue weighted by Crippen LogP contribution is 2.47. The minimum Gasteiger partial charge on any atom is -0.422 e. The monoisotopic (exact) mass is 446 g/mol. The maximum absolute atomic E-state index is 13.0. The number of phosphoric acid groups is 1. The number of benzene rings is 2. The molecule has 0 spiro atoms. The molecule has 31 heavy (non-hydrogen) atoms. The first-order chi connectivity index (χ1) is 14.7. The van der Waals surface area contributed by atoms with Crippen LogP contribution in [0.25, 0.3) is 0 Å². The van der Waals surface area contributed by atoms with E-state index < -0.39 is 31.1 Å². The number of rotatable bonds is 9. The molecule has 2 N–H and O–H groups in total.